The maximum absolute atomic E-state index is 12.0. The molecule has 0 spiro atoms. The molecule has 6 heteroatoms. The van der Waals surface area contributed by atoms with E-state index in [1.165, 1.54) is 0 Å². The summed E-state index contributed by atoms with van der Waals surface area (Å²) in [5.74, 6) is 0.295. The van der Waals surface area contributed by atoms with Crippen molar-refractivity contribution in [3.63, 3.8) is 0 Å². The van der Waals surface area contributed by atoms with Crippen molar-refractivity contribution in [1.82, 2.24) is 14.8 Å². The van der Waals surface area contributed by atoms with Crippen LogP contribution in [0.15, 0.2) is 35.1 Å². The van der Waals surface area contributed by atoms with Crippen LogP contribution in [0.25, 0.3) is 0 Å². The Morgan fingerprint density at radius 3 is 3.00 bits per heavy atom. The summed E-state index contributed by atoms with van der Waals surface area (Å²) in [6.45, 7) is 2.56. The standard InChI is InChI=1S/C11H11BrN4O/c1-2-16-10(8(12)7-14-16)11(17)15-9-5-3-4-6-13-9/h3-7H,2H2,1H3,(H,13,15,17). The SMILES string of the molecule is CCn1ncc(Br)c1C(=O)Nc1ccccn1. The Morgan fingerprint density at radius 1 is 1.53 bits per heavy atom. The van der Waals surface area contributed by atoms with Crippen molar-refractivity contribution in [3.8, 4) is 0 Å². The molecule has 0 unspecified atom stereocenters. The van der Waals surface area contributed by atoms with Crippen LogP contribution >= 0.6 is 15.9 Å². The number of aryl methyl sites for hydroxylation is 1. The number of amides is 1. The predicted octanol–water partition coefficient (Wildman–Crippen LogP) is 2.31. The van der Waals surface area contributed by atoms with Crippen molar-refractivity contribution in [2.45, 2.75) is 13.5 Å². The fraction of sp³-hybridized carbons (Fsp3) is 0.182. The topological polar surface area (TPSA) is 59.8 Å². The lowest BCUT2D eigenvalue weighted by atomic mass is 10.4. The second kappa shape index (κ2) is 5.09. The van der Waals surface area contributed by atoms with Crippen LogP contribution in [0.4, 0.5) is 5.82 Å². The summed E-state index contributed by atoms with van der Waals surface area (Å²) in [4.78, 5) is 16.1. The Labute approximate surface area is 107 Å². The maximum atomic E-state index is 12.0. The van der Waals surface area contributed by atoms with Gasteiger partial charge in [-0.15, -0.1) is 0 Å². The number of hydrogen-bond acceptors (Lipinski definition) is 3. The molecule has 17 heavy (non-hydrogen) atoms. The number of aromatic nitrogens is 3. The molecule has 5 nitrogen and oxygen atoms in total. The number of halogens is 1. The number of rotatable bonds is 3. The van der Waals surface area contributed by atoms with Crippen molar-refractivity contribution in [1.29, 1.82) is 0 Å². The van der Waals surface area contributed by atoms with Gasteiger partial charge in [0.2, 0.25) is 0 Å². The highest BCUT2D eigenvalue weighted by Gasteiger charge is 2.16. The molecule has 0 bridgehead atoms. The molecule has 0 aromatic carbocycles. The summed E-state index contributed by atoms with van der Waals surface area (Å²) in [7, 11) is 0. The highest BCUT2D eigenvalue weighted by atomic mass is 79.9. The van der Waals surface area contributed by atoms with Gasteiger partial charge in [0.25, 0.3) is 5.91 Å². The molecule has 88 valence electrons. The van der Waals surface area contributed by atoms with E-state index in [9.17, 15) is 4.79 Å². The second-order valence-electron chi connectivity index (χ2n) is 3.33. The Balaban J connectivity index is 2.23. The first kappa shape index (κ1) is 11.8. The number of nitrogens with one attached hydrogen (secondary N) is 1. The number of carbonyl (C=O) groups excluding carboxylic acids is 1. The van der Waals surface area contributed by atoms with Crippen LogP contribution < -0.4 is 5.32 Å². The lowest BCUT2D eigenvalue weighted by Gasteiger charge is -2.06. The van der Waals surface area contributed by atoms with E-state index in [2.05, 4.69) is 31.3 Å². The average Bonchev–Trinajstić information content (AvgIpc) is 2.71. The summed E-state index contributed by atoms with van der Waals surface area (Å²) in [5.41, 5.74) is 0.498. The zero-order valence-electron chi connectivity index (χ0n) is 9.22. The summed E-state index contributed by atoms with van der Waals surface area (Å²) in [6, 6.07) is 5.34. The first-order valence-corrected chi connectivity index (χ1v) is 5.95. The molecule has 2 heterocycles. The molecular weight excluding hydrogens is 284 g/mol. The van der Waals surface area contributed by atoms with Crippen LogP contribution in [0.5, 0.6) is 0 Å². The van der Waals surface area contributed by atoms with Crippen LogP contribution in [-0.4, -0.2) is 20.7 Å². The highest BCUT2D eigenvalue weighted by Crippen LogP contribution is 2.17. The fourth-order valence-corrected chi connectivity index (χ4v) is 1.92. The zero-order valence-corrected chi connectivity index (χ0v) is 10.8. The van der Waals surface area contributed by atoms with E-state index < -0.39 is 0 Å². The number of hydrogen-bond donors (Lipinski definition) is 1. The number of anilines is 1. The molecule has 0 atom stereocenters. The van der Waals surface area contributed by atoms with Crippen LogP contribution in [0.2, 0.25) is 0 Å². The Kier molecular flexibility index (Phi) is 3.53. The van der Waals surface area contributed by atoms with E-state index in [-0.39, 0.29) is 5.91 Å². The average molecular weight is 295 g/mol. The van der Waals surface area contributed by atoms with Gasteiger partial charge in [-0.2, -0.15) is 5.10 Å². The van der Waals surface area contributed by atoms with E-state index in [1.54, 1.807) is 29.2 Å². The van der Waals surface area contributed by atoms with Gasteiger partial charge in [-0.05, 0) is 35.0 Å². The van der Waals surface area contributed by atoms with Crippen LogP contribution in [0, 0.1) is 0 Å². The molecule has 0 fully saturated rings. The first-order chi connectivity index (χ1) is 8.22. The molecule has 1 amide bonds. The van der Waals surface area contributed by atoms with Crippen molar-refractivity contribution in [2.24, 2.45) is 0 Å². The van der Waals surface area contributed by atoms with Crippen LogP contribution in [-0.2, 0) is 6.54 Å². The van der Waals surface area contributed by atoms with Gasteiger partial charge in [0, 0.05) is 12.7 Å². The van der Waals surface area contributed by atoms with E-state index in [4.69, 9.17) is 0 Å². The summed E-state index contributed by atoms with van der Waals surface area (Å²) in [5, 5.41) is 6.80. The van der Waals surface area contributed by atoms with Crippen molar-refractivity contribution in [3.05, 3.63) is 40.8 Å². The minimum Gasteiger partial charge on any atom is -0.305 e. The Morgan fingerprint density at radius 2 is 2.35 bits per heavy atom. The van der Waals surface area contributed by atoms with Crippen molar-refractivity contribution >= 4 is 27.7 Å². The molecule has 2 aromatic rings. The third-order valence-corrected chi connectivity index (χ3v) is 2.80. The second-order valence-corrected chi connectivity index (χ2v) is 4.18. The van der Waals surface area contributed by atoms with Crippen molar-refractivity contribution < 1.29 is 4.79 Å². The minimum absolute atomic E-state index is 0.227. The molecule has 0 aliphatic heterocycles. The Hall–Kier alpha value is -1.69. The van der Waals surface area contributed by atoms with Gasteiger partial charge in [0.15, 0.2) is 0 Å². The lowest BCUT2D eigenvalue weighted by Crippen LogP contribution is -2.18. The van der Waals surface area contributed by atoms with E-state index >= 15 is 0 Å². The molecule has 2 rings (SSSR count). The minimum atomic E-state index is -0.227. The van der Waals surface area contributed by atoms with Gasteiger partial charge in [-0.3, -0.25) is 9.48 Å². The first-order valence-electron chi connectivity index (χ1n) is 5.16. The normalized spacial score (nSPS) is 10.2. The van der Waals surface area contributed by atoms with Gasteiger partial charge in [0.1, 0.15) is 11.5 Å². The van der Waals surface area contributed by atoms with Gasteiger partial charge >= 0.3 is 0 Å². The molecule has 0 aliphatic rings. The lowest BCUT2D eigenvalue weighted by molar-refractivity contribution is 0.101. The Bertz CT molecular complexity index is 524. The number of pyridine rings is 1. The summed E-state index contributed by atoms with van der Waals surface area (Å²) in [6.07, 6.45) is 3.23. The van der Waals surface area contributed by atoms with E-state index in [1.807, 2.05) is 13.0 Å². The molecule has 0 radical (unpaired) electrons. The molecular formula is C11H11BrN4O. The molecule has 1 N–H and O–H groups in total. The quantitative estimate of drug-likeness (QED) is 0.945. The third-order valence-electron chi connectivity index (χ3n) is 2.22. The third kappa shape index (κ3) is 2.52. The monoisotopic (exact) mass is 294 g/mol. The van der Waals surface area contributed by atoms with Gasteiger partial charge < -0.3 is 5.32 Å². The van der Waals surface area contributed by atoms with E-state index in [0.29, 0.717) is 22.5 Å². The molecule has 0 saturated carbocycles. The maximum Gasteiger partial charge on any atom is 0.276 e. The van der Waals surface area contributed by atoms with Crippen molar-refractivity contribution in [2.75, 3.05) is 5.32 Å². The molecule has 0 aliphatic carbocycles. The van der Waals surface area contributed by atoms with Crippen LogP contribution in [0.1, 0.15) is 17.4 Å². The number of carbonyl (C=O) groups is 1. The van der Waals surface area contributed by atoms with E-state index in [0.717, 1.165) is 0 Å². The van der Waals surface area contributed by atoms with Crippen LogP contribution in [0.3, 0.4) is 0 Å². The fourth-order valence-electron chi connectivity index (χ4n) is 1.44. The predicted molar refractivity (Wildman–Crippen MR) is 67.8 cm³/mol. The molecule has 2 aromatic heterocycles. The smallest absolute Gasteiger partial charge is 0.276 e. The van der Waals surface area contributed by atoms with Gasteiger partial charge in [0.05, 0.1) is 10.7 Å². The largest absolute Gasteiger partial charge is 0.305 e. The number of nitrogens with zero attached hydrogens (tertiary/aromatic N) is 3. The van der Waals surface area contributed by atoms with Gasteiger partial charge in [-0.25, -0.2) is 4.98 Å². The summed E-state index contributed by atoms with van der Waals surface area (Å²) >= 11 is 3.31. The summed E-state index contributed by atoms with van der Waals surface area (Å²) < 4.78 is 2.30. The molecule has 0 saturated heterocycles. The highest BCUT2D eigenvalue weighted by molar-refractivity contribution is 9.10. The zero-order chi connectivity index (χ0) is 12.3. The van der Waals surface area contributed by atoms with Gasteiger partial charge in [-0.1, -0.05) is 6.07 Å².